The van der Waals surface area contributed by atoms with Crippen molar-refractivity contribution >= 4 is 47.5 Å². The van der Waals surface area contributed by atoms with E-state index in [1.165, 1.54) is 0 Å². The second kappa shape index (κ2) is 11.1. The summed E-state index contributed by atoms with van der Waals surface area (Å²) in [5.41, 5.74) is 0. The highest BCUT2D eigenvalue weighted by Gasteiger charge is 2.56. The fourth-order valence-electron chi connectivity index (χ4n) is 3.15. The van der Waals surface area contributed by atoms with Gasteiger partial charge >= 0.3 is 0 Å². The van der Waals surface area contributed by atoms with Gasteiger partial charge in [-0.1, -0.05) is 84.9 Å². The Kier molecular flexibility index (Phi) is 10.9. The van der Waals surface area contributed by atoms with Gasteiger partial charge in [-0.15, -0.1) is 0 Å². The predicted molar refractivity (Wildman–Crippen MR) is 161 cm³/mol. The standard InChI is InChI=1S/C25H55IO5Si3/c1-23(2,3)32(11,12)29-19-18(17-26)28-22(27-10)21(31-34(15,16)25(7,8)9)20(19)30-33(13,14)24(4,5)6/h18-22H,17H2,1-16H3/t18-,19-,20+,21+,22+/m1/s1. The number of alkyl halides is 1. The number of ether oxygens (including phenoxy) is 2. The monoisotopic (exact) mass is 646 g/mol. The van der Waals surface area contributed by atoms with Gasteiger partial charge in [-0.3, -0.25) is 0 Å². The Morgan fingerprint density at radius 1 is 0.618 bits per heavy atom. The summed E-state index contributed by atoms with van der Waals surface area (Å²) in [6.45, 7) is 34.4. The summed E-state index contributed by atoms with van der Waals surface area (Å²) in [5.74, 6) is 0. The highest BCUT2D eigenvalue weighted by atomic mass is 127. The summed E-state index contributed by atoms with van der Waals surface area (Å²) in [6.07, 6.45) is -1.39. The second-order valence-corrected chi connectivity index (χ2v) is 29.6. The Morgan fingerprint density at radius 3 is 1.24 bits per heavy atom. The van der Waals surface area contributed by atoms with Gasteiger partial charge < -0.3 is 22.8 Å². The highest BCUT2D eigenvalue weighted by Crippen LogP contribution is 2.46. The molecule has 0 aromatic carbocycles. The molecule has 0 bridgehead atoms. The molecule has 0 aromatic rings. The molecule has 0 N–H and O–H groups in total. The van der Waals surface area contributed by atoms with E-state index in [4.69, 9.17) is 22.8 Å². The Bertz CT molecular complexity index is 623. The number of methoxy groups -OCH3 is 1. The maximum Gasteiger partial charge on any atom is 0.192 e. The SMILES string of the molecule is CO[C@H]1O[C@H](CI)[C@@H](O[Si](C)(C)C(C)(C)C)[C@H](O[Si](C)(C)C(C)(C)C)[C@@H]1O[Si](C)(C)C(C)(C)C. The van der Waals surface area contributed by atoms with Crippen LogP contribution in [-0.4, -0.2) is 67.2 Å². The van der Waals surface area contributed by atoms with Gasteiger partial charge in [0.15, 0.2) is 31.2 Å². The molecule has 0 aromatic heterocycles. The van der Waals surface area contributed by atoms with Crippen LogP contribution in [0.2, 0.25) is 54.4 Å². The van der Waals surface area contributed by atoms with Gasteiger partial charge in [-0.05, 0) is 54.4 Å². The lowest BCUT2D eigenvalue weighted by Gasteiger charge is -2.54. The van der Waals surface area contributed by atoms with Crippen molar-refractivity contribution in [2.45, 2.75) is 147 Å². The lowest BCUT2D eigenvalue weighted by Crippen LogP contribution is -2.68. The summed E-state index contributed by atoms with van der Waals surface area (Å²) in [5, 5.41) is 0.206. The van der Waals surface area contributed by atoms with Gasteiger partial charge in [-0.25, -0.2) is 0 Å². The molecule has 1 fully saturated rings. The molecule has 0 unspecified atom stereocenters. The fourth-order valence-corrected chi connectivity index (χ4v) is 7.76. The maximum atomic E-state index is 7.22. The topological polar surface area (TPSA) is 46.2 Å². The predicted octanol–water partition coefficient (Wildman–Crippen LogP) is 7.96. The summed E-state index contributed by atoms with van der Waals surface area (Å²) in [6, 6.07) is 0. The van der Waals surface area contributed by atoms with Crippen molar-refractivity contribution in [2.24, 2.45) is 0 Å². The molecular weight excluding hydrogens is 591 g/mol. The molecule has 5 atom stereocenters. The average Bonchev–Trinajstić information content (AvgIpc) is 2.61. The third kappa shape index (κ3) is 7.61. The van der Waals surface area contributed by atoms with Crippen LogP contribution in [0.5, 0.6) is 0 Å². The van der Waals surface area contributed by atoms with Crippen LogP contribution in [0.1, 0.15) is 62.3 Å². The minimum absolute atomic E-state index is 0.0582. The Hall–Kier alpha value is 1.18. The molecule has 34 heavy (non-hydrogen) atoms. The molecule has 204 valence electrons. The molecule has 0 radical (unpaired) electrons. The lowest BCUT2D eigenvalue weighted by atomic mass is 10.00. The van der Waals surface area contributed by atoms with Crippen LogP contribution in [0.25, 0.3) is 0 Å². The largest absolute Gasteiger partial charge is 0.409 e. The van der Waals surface area contributed by atoms with Crippen LogP contribution in [0.3, 0.4) is 0 Å². The summed E-state index contributed by atoms with van der Waals surface area (Å²) < 4.78 is 34.7. The molecular formula is C25H55IO5Si3. The van der Waals surface area contributed by atoms with Gasteiger partial charge in [0.1, 0.15) is 12.2 Å². The first kappa shape index (κ1) is 33.2. The van der Waals surface area contributed by atoms with Gasteiger partial charge in [-0.2, -0.15) is 0 Å². The van der Waals surface area contributed by atoms with Gasteiger partial charge in [0.2, 0.25) is 0 Å². The number of hydrogen-bond donors (Lipinski definition) is 0. The van der Waals surface area contributed by atoms with Gasteiger partial charge in [0.25, 0.3) is 0 Å². The normalized spacial score (nSPS) is 28.3. The van der Waals surface area contributed by atoms with E-state index in [1.807, 2.05) is 0 Å². The van der Waals surface area contributed by atoms with Crippen LogP contribution in [-0.2, 0) is 22.8 Å². The number of hydrogen-bond acceptors (Lipinski definition) is 5. The molecule has 5 nitrogen and oxygen atoms in total. The van der Waals surface area contributed by atoms with E-state index < -0.39 is 31.2 Å². The van der Waals surface area contributed by atoms with Crippen molar-refractivity contribution in [1.82, 2.24) is 0 Å². The van der Waals surface area contributed by atoms with E-state index in [0.717, 1.165) is 4.43 Å². The Labute approximate surface area is 228 Å². The smallest absolute Gasteiger partial charge is 0.192 e. The van der Waals surface area contributed by atoms with Crippen molar-refractivity contribution in [1.29, 1.82) is 0 Å². The molecule has 9 heteroatoms. The minimum atomic E-state index is -2.15. The zero-order valence-corrected chi connectivity index (χ0v) is 30.2. The minimum Gasteiger partial charge on any atom is -0.409 e. The zero-order valence-electron chi connectivity index (χ0n) is 25.0. The van der Waals surface area contributed by atoms with E-state index in [0.29, 0.717) is 0 Å². The summed E-state index contributed by atoms with van der Waals surface area (Å²) >= 11 is 2.41. The van der Waals surface area contributed by atoms with E-state index >= 15 is 0 Å². The highest BCUT2D eigenvalue weighted by molar-refractivity contribution is 14.1. The second-order valence-electron chi connectivity index (χ2n) is 14.5. The van der Waals surface area contributed by atoms with Crippen molar-refractivity contribution in [3.8, 4) is 0 Å². The lowest BCUT2D eigenvalue weighted by molar-refractivity contribution is -0.275. The molecule has 1 rings (SSSR count). The Morgan fingerprint density at radius 2 is 0.941 bits per heavy atom. The molecule has 0 spiro atoms. The molecule has 0 amide bonds. The number of rotatable bonds is 8. The molecule has 1 saturated heterocycles. The quantitative estimate of drug-likeness (QED) is 0.152. The van der Waals surface area contributed by atoms with E-state index in [-0.39, 0.29) is 39.5 Å². The number of halogens is 1. The van der Waals surface area contributed by atoms with Crippen molar-refractivity contribution in [2.75, 3.05) is 11.5 Å². The first-order valence-electron chi connectivity index (χ1n) is 12.7. The van der Waals surface area contributed by atoms with Crippen molar-refractivity contribution < 1.29 is 22.8 Å². The zero-order chi connectivity index (χ0) is 27.1. The average molecular weight is 647 g/mol. The maximum absolute atomic E-state index is 7.22. The van der Waals surface area contributed by atoms with Crippen LogP contribution < -0.4 is 0 Å². The van der Waals surface area contributed by atoms with Crippen LogP contribution in [0.15, 0.2) is 0 Å². The fraction of sp³-hybridized carbons (Fsp3) is 1.00. The first-order valence-corrected chi connectivity index (χ1v) is 22.9. The molecule has 0 saturated carbocycles. The first-order chi connectivity index (χ1) is 14.9. The molecule has 1 aliphatic rings. The third-order valence-electron chi connectivity index (χ3n) is 8.69. The van der Waals surface area contributed by atoms with Gasteiger partial charge in [0.05, 0.1) is 12.2 Å². The van der Waals surface area contributed by atoms with Crippen molar-refractivity contribution in [3.63, 3.8) is 0 Å². The van der Waals surface area contributed by atoms with Gasteiger partial charge in [0, 0.05) is 11.5 Å². The van der Waals surface area contributed by atoms with E-state index in [2.05, 4.69) is 124 Å². The summed E-state index contributed by atoms with van der Waals surface area (Å²) in [4.78, 5) is 0. The molecule has 1 heterocycles. The van der Waals surface area contributed by atoms with Crippen LogP contribution in [0, 0.1) is 0 Å². The van der Waals surface area contributed by atoms with Crippen LogP contribution in [0.4, 0.5) is 0 Å². The van der Waals surface area contributed by atoms with E-state index in [1.54, 1.807) is 7.11 Å². The third-order valence-corrected chi connectivity index (χ3v) is 23.0. The Balaban J connectivity index is 3.66. The summed E-state index contributed by atoms with van der Waals surface area (Å²) in [7, 11) is -4.67. The van der Waals surface area contributed by atoms with E-state index in [9.17, 15) is 0 Å². The van der Waals surface area contributed by atoms with Crippen LogP contribution >= 0.6 is 22.6 Å². The molecule has 1 aliphatic heterocycles. The van der Waals surface area contributed by atoms with Crippen molar-refractivity contribution in [3.05, 3.63) is 0 Å². The molecule has 0 aliphatic carbocycles.